The molecule has 0 fully saturated rings. The Balaban J connectivity index is 2.25. The van der Waals surface area contributed by atoms with Crippen molar-refractivity contribution in [1.29, 1.82) is 0 Å². The van der Waals surface area contributed by atoms with E-state index in [1.54, 1.807) is 13.1 Å². The van der Waals surface area contributed by atoms with Gasteiger partial charge in [-0.2, -0.15) is 0 Å². The van der Waals surface area contributed by atoms with Crippen LogP contribution in [0.3, 0.4) is 0 Å². The molecule has 1 aromatic carbocycles. The second kappa shape index (κ2) is 5.49. The van der Waals surface area contributed by atoms with Crippen LogP contribution in [0.25, 0.3) is 22.2 Å². The summed E-state index contributed by atoms with van der Waals surface area (Å²) < 4.78 is 5.39. The molecule has 3 rings (SSSR count). The minimum atomic E-state index is -0.454. The molecule has 0 aliphatic heterocycles. The monoisotopic (exact) mass is 299 g/mol. The van der Waals surface area contributed by atoms with Crippen molar-refractivity contribution in [2.45, 2.75) is 6.92 Å². The fourth-order valence-corrected chi connectivity index (χ4v) is 2.49. The molecular formula is C15H13N3O2S. The van der Waals surface area contributed by atoms with E-state index in [1.807, 2.05) is 30.3 Å². The number of carbonyl (C=O) groups is 1. The number of aromatic nitrogens is 3. The lowest BCUT2D eigenvalue weighted by molar-refractivity contribution is 0.0526. The molecule has 0 amide bonds. The highest BCUT2D eigenvalue weighted by molar-refractivity contribution is 7.71. The Hall–Kier alpha value is -2.47. The third kappa shape index (κ3) is 2.34. The van der Waals surface area contributed by atoms with Crippen LogP contribution in [0.15, 0.2) is 36.5 Å². The minimum Gasteiger partial charge on any atom is -0.462 e. The molecule has 0 atom stereocenters. The van der Waals surface area contributed by atoms with E-state index < -0.39 is 5.97 Å². The molecule has 0 saturated heterocycles. The Morgan fingerprint density at radius 2 is 2.10 bits per heavy atom. The summed E-state index contributed by atoms with van der Waals surface area (Å²) in [5, 5.41) is 7.70. The molecule has 0 radical (unpaired) electrons. The van der Waals surface area contributed by atoms with E-state index in [4.69, 9.17) is 17.0 Å². The van der Waals surface area contributed by atoms with Crippen molar-refractivity contribution in [3.05, 3.63) is 46.7 Å². The molecule has 21 heavy (non-hydrogen) atoms. The maximum Gasteiger partial charge on any atom is 0.343 e. The van der Waals surface area contributed by atoms with Gasteiger partial charge in [0.1, 0.15) is 10.2 Å². The highest BCUT2D eigenvalue weighted by Crippen LogP contribution is 2.28. The first kappa shape index (κ1) is 13.5. The summed E-state index contributed by atoms with van der Waals surface area (Å²) >= 11 is 5.17. The first-order valence-electron chi connectivity index (χ1n) is 6.54. The largest absolute Gasteiger partial charge is 0.462 e. The van der Waals surface area contributed by atoms with Crippen molar-refractivity contribution in [2.24, 2.45) is 0 Å². The van der Waals surface area contributed by atoms with Gasteiger partial charge in [-0.1, -0.05) is 36.5 Å². The smallest absolute Gasteiger partial charge is 0.343 e. The topological polar surface area (TPSA) is 70.8 Å². The Labute approximate surface area is 126 Å². The van der Waals surface area contributed by atoms with Crippen LogP contribution in [0.5, 0.6) is 0 Å². The number of nitrogens with one attached hydrogen (secondary N) is 2. The van der Waals surface area contributed by atoms with Gasteiger partial charge in [0.05, 0.1) is 18.0 Å². The number of nitrogens with zero attached hydrogens (tertiary/aromatic N) is 1. The Morgan fingerprint density at radius 1 is 1.29 bits per heavy atom. The van der Waals surface area contributed by atoms with Gasteiger partial charge in [0.2, 0.25) is 0 Å². The Bertz CT molecular complexity index is 861. The van der Waals surface area contributed by atoms with Crippen molar-refractivity contribution in [3.63, 3.8) is 0 Å². The number of hydrogen-bond acceptors (Lipinski definition) is 4. The van der Waals surface area contributed by atoms with Gasteiger partial charge >= 0.3 is 5.97 Å². The SMILES string of the molecule is CCOC(=O)c1c(-c2nccc3ccccc23)[nH][nH]c1=S. The molecule has 0 aliphatic rings. The molecule has 5 nitrogen and oxygen atoms in total. The van der Waals surface area contributed by atoms with E-state index in [2.05, 4.69) is 15.2 Å². The van der Waals surface area contributed by atoms with Crippen molar-refractivity contribution in [2.75, 3.05) is 6.61 Å². The van der Waals surface area contributed by atoms with Crippen molar-refractivity contribution < 1.29 is 9.53 Å². The second-order valence-electron chi connectivity index (χ2n) is 4.43. The predicted octanol–water partition coefficient (Wildman–Crippen LogP) is 3.46. The zero-order valence-corrected chi connectivity index (χ0v) is 12.2. The summed E-state index contributed by atoms with van der Waals surface area (Å²) in [5.74, 6) is -0.454. The molecule has 106 valence electrons. The molecular weight excluding hydrogens is 286 g/mol. The van der Waals surface area contributed by atoms with Gasteiger partial charge in [-0.15, -0.1) is 0 Å². The molecule has 6 heteroatoms. The third-order valence-electron chi connectivity index (χ3n) is 3.17. The number of aromatic amines is 2. The van der Waals surface area contributed by atoms with Crippen LogP contribution >= 0.6 is 12.2 Å². The van der Waals surface area contributed by atoms with Crippen molar-refractivity contribution in [1.82, 2.24) is 15.2 Å². The molecule has 0 saturated carbocycles. The maximum absolute atomic E-state index is 12.1. The van der Waals surface area contributed by atoms with Crippen LogP contribution in [0.4, 0.5) is 0 Å². The minimum absolute atomic E-state index is 0.293. The van der Waals surface area contributed by atoms with Gasteiger partial charge < -0.3 is 4.74 Å². The number of benzene rings is 1. The third-order valence-corrected chi connectivity index (χ3v) is 3.47. The van der Waals surface area contributed by atoms with E-state index in [1.165, 1.54) is 0 Å². The van der Waals surface area contributed by atoms with Gasteiger partial charge in [0.25, 0.3) is 0 Å². The van der Waals surface area contributed by atoms with Gasteiger partial charge in [-0.05, 0) is 18.4 Å². The molecule has 2 N–H and O–H groups in total. The fraction of sp³-hybridized carbons (Fsp3) is 0.133. The average Bonchev–Trinajstić information content (AvgIpc) is 2.88. The first-order chi connectivity index (χ1) is 10.2. The average molecular weight is 299 g/mol. The zero-order valence-electron chi connectivity index (χ0n) is 11.3. The first-order valence-corrected chi connectivity index (χ1v) is 6.95. The summed E-state index contributed by atoms with van der Waals surface area (Å²) in [4.78, 5) is 16.5. The van der Waals surface area contributed by atoms with Crippen LogP contribution in [-0.2, 0) is 4.74 Å². The van der Waals surface area contributed by atoms with E-state index in [-0.39, 0.29) is 0 Å². The number of hydrogen-bond donors (Lipinski definition) is 2. The van der Waals surface area contributed by atoms with E-state index in [0.717, 1.165) is 10.8 Å². The Kier molecular flexibility index (Phi) is 3.53. The Morgan fingerprint density at radius 3 is 2.90 bits per heavy atom. The highest BCUT2D eigenvalue weighted by Gasteiger charge is 2.20. The van der Waals surface area contributed by atoms with Crippen LogP contribution in [0.2, 0.25) is 0 Å². The van der Waals surface area contributed by atoms with Gasteiger partial charge in [-0.25, -0.2) is 4.79 Å². The number of rotatable bonds is 3. The quantitative estimate of drug-likeness (QED) is 0.574. The summed E-state index contributed by atoms with van der Waals surface area (Å²) in [6.07, 6.45) is 1.70. The van der Waals surface area contributed by atoms with E-state index >= 15 is 0 Å². The number of esters is 1. The molecule has 0 spiro atoms. The second-order valence-corrected chi connectivity index (χ2v) is 4.84. The van der Waals surface area contributed by atoms with Gasteiger partial charge in [-0.3, -0.25) is 15.2 Å². The lowest BCUT2D eigenvalue weighted by atomic mass is 10.1. The normalized spacial score (nSPS) is 10.7. The molecule has 3 aromatic rings. The van der Waals surface area contributed by atoms with Gasteiger partial charge in [0, 0.05) is 11.6 Å². The van der Waals surface area contributed by atoms with E-state index in [0.29, 0.717) is 28.2 Å². The molecule has 0 aliphatic carbocycles. The highest BCUT2D eigenvalue weighted by atomic mass is 32.1. The van der Waals surface area contributed by atoms with Crippen LogP contribution < -0.4 is 0 Å². The summed E-state index contributed by atoms with van der Waals surface area (Å²) in [7, 11) is 0. The van der Waals surface area contributed by atoms with Crippen LogP contribution in [-0.4, -0.2) is 27.8 Å². The maximum atomic E-state index is 12.1. The molecule has 0 bridgehead atoms. The summed E-state index contributed by atoms with van der Waals surface area (Å²) in [6, 6.07) is 9.75. The molecule has 2 aromatic heterocycles. The number of pyridine rings is 1. The lowest BCUT2D eigenvalue weighted by Crippen LogP contribution is -2.06. The zero-order chi connectivity index (χ0) is 14.8. The molecule has 0 unspecified atom stereocenters. The summed E-state index contributed by atoms with van der Waals surface area (Å²) in [6.45, 7) is 2.05. The number of H-pyrrole nitrogens is 2. The number of carbonyl (C=O) groups excluding carboxylic acids is 1. The van der Waals surface area contributed by atoms with Crippen LogP contribution in [0, 0.1) is 4.64 Å². The predicted molar refractivity (Wildman–Crippen MR) is 82.7 cm³/mol. The fourth-order valence-electron chi connectivity index (χ4n) is 2.25. The summed E-state index contributed by atoms with van der Waals surface area (Å²) in [5.41, 5.74) is 1.54. The van der Waals surface area contributed by atoms with E-state index in [9.17, 15) is 4.79 Å². The number of fused-ring (bicyclic) bond motifs is 1. The van der Waals surface area contributed by atoms with Gasteiger partial charge in [0.15, 0.2) is 0 Å². The lowest BCUT2D eigenvalue weighted by Gasteiger charge is -2.06. The van der Waals surface area contributed by atoms with Crippen molar-refractivity contribution in [3.8, 4) is 11.4 Å². The number of ether oxygens (including phenoxy) is 1. The van der Waals surface area contributed by atoms with Crippen LogP contribution in [0.1, 0.15) is 17.3 Å². The molecule has 2 heterocycles. The standard InChI is InChI=1S/C15H13N3O2S/c1-2-20-15(19)11-13(17-18-14(11)21)12-10-6-4-3-5-9(10)7-8-16-12/h3-8H,2H2,1H3,(H2,17,18,21). The van der Waals surface area contributed by atoms with Crippen molar-refractivity contribution >= 4 is 29.0 Å².